The number of carbonyl (C=O) groups excluding carboxylic acids is 2. The Hall–Kier alpha value is -1.06. The summed E-state index contributed by atoms with van der Waals surface area (Å²) in [5, 5.41) is 3.40. The summed E-state index contributed by atoms with van der Waals surface area (Å²) < 4.78 is 0. The smallest absolute Gasteiger partial charge is 0.222 e. The molecule has 0 aromatic carbocycles. The number of piperidine rings is 1. The zero-order valence-corrected chi connectivity index (χ0v) is 18.8. The Morgan fingerprint density at radius 2 is 1.82 bits per heavy atom. The molecule has 3 aliphatic carbocycles. The van der Waals surface area contributed by atoms with Gasteiger partial charge in [-0.25, -0.2) is 0 Å². The van der Waals surface area contributed by atoms with Gasteiger partial charge >= 0.3 is 0 Å². The highest BCUT2D eigenvalue weighted by molar-refractivity contribution is 5.77. The zero-order chi connectivity index (χ0) is 20.4. The number of fused-ring (bicyclic) bond motifs is 5. The lowest BCUT2D eigenvalue weighted by Gasteiger charge is -2.61. The number of amides is 2. The van der Waals surface area contributed by atoms with Crippen molar-refractivity contribution in [2.24, 2.45) is 40.4 Å². The molecule has 4 aliphatic rings. The second kappa shape index (κ2) is 6.74. The van der Waals surface area contributed by atoms with Gasteiger partial charge in [0, 0.05) is 32.5 Å². The fourth-order valence-corrected chi connectivity index (χ4v) is 8.39. The third kappa shape index (κ3) is 2.76. The van der Waals surface area contributed by atoms with Gasteiger partial charge in [-0.1, -0.05) is 27.7 Å². The summed E-state index contributed by atoms with van der Waals surface area (Å²) in [4.78, 5) is 26.4. The van der Waals surface area contributed by atoms with E-state index in [1.54, 1.807) is 6.92 Å². The molecule has 0 bridgehead atoms. The predicted octanol–water partition coefficient (Wildman–Crippen LogP) is 4.24. The maximum Gasteiger partial charge on any atom is 0.222 e. The minimum Gasteiger partial charge on any atom is -0.353 e. The van der Waals surface area contributed by atoms with Crippen LogP contribution in [0.3, 0.4) is 0 Å². The molecule has 4 heteroatoms. The Kier molecular flexibility index (Phi) is 4.87. The van der Waals surface area contributed by atoms with E-state index in [-0.39, 0.29) is 16.7 Å². The third-order valence-corrected chi connectivity index (χ3v) is 9.87. The Labute approximate surface area is 171 Å². The van der Waals surface area contributed by atoms with Crippen LogP contribution >= 0.6 is 0 Å². The van der Waals surface area contributed by atoms with Gasteiger partial charge < -0.3 is 10.2 Å². The standard InChI is InChI=1S/C24H40N2O2/c1-14(2)17-13-19-16-7-8-20-23(4,12-10-21(28)26(20)6)18(16)9-11-24(19,5)22(17)25-15(3)27/h14,16-20,22H,7-13H2,1-6H3,(H,25,27)/t16-,17-,18+,19+,20-,22+,23-,24+/m1/s1. The SMILES string of the molecule is CC(=O)N[C@H]1[C@@H](C(C)C)C[C@H]2[C@@H]3CC[C@H]4N(C)C(=O)CC[C@]4(C)[C@H]3CC[C@@]21C. The van der Waals surface area contributed by atoms with Crippen molar-refractivity contribution in [1.82, 2.24) is 10.2 Å². The number of likely N-dealkylation sites (tertiary alicyclic amines) is 1. The molecule has 1 heterocycles. The molecule has 0 aromatic rings. The second-order valence-electron chi connectivity index (χ2n) is 11.3. The molecule has 28 heavy (non-hydrogen) atoms. The molecule has 0 unspecified atom stereocenters. The average molecular weight is 389 g/mol. The molecule has 4 rings (SSSR count). The molecular weight excluding hydrogens is 348 g/mol. The molecule has 0 aromatic heterocycles. The Bertz CT molecular complexity index is 661. The lowest BCUT2D eigenvalue weighted by molar-refractivity contribution is -0.157. The van der Waals surface area contributed by atoms with Gasteiger partial charge in [-0.3, -0.25) is 9.59 Å². The quantitative estimate of drug-likeness (QED) is 0.769. The van der Waals surface area contributed by atoms with Crippen molar-refractivity contribution in [3.63, 3.8) is 0 Å². The lowest BCUT2D eigenvalue weighted by atomic mass is 9.47. The third-order valence-electron chi connectivity index (χ3n) is 9.87. The molecule has 1 saturated heterocycles. The van der Waals surface area contributed by atoms with Crippen molar-refractivity contribution >= 4 is 11.8 Å². The fraction of sp³-hybridized carbons (Fsp3) is 0.917. The minimum atomic E-state index is 0.128. The number of carbonyl (C=O) groups is 2. The van der Waals surface area contributed by atoms with Crippen LogP contribution in [-0.4, -0.2) is 35.8 Å². The van der Waals surface area contributed by atoms with E-state index in [1.807, 2.05) is 7.05 Å². The topological polar surface area (TPSA) is 49.4 Å². The normalized spacial score (nSPS) is 48.1. The first-order chi connectivity index (χ1) is 13.1. The van der Waals surface area contributed by atoms with Crippen molar-refractivity contribution in [3.8, 4) is 0 Å². The number of nitrogens with zero attached hydrogens (tertiary/aromatic N) is 1. The molecule has 8 atom stereocenters. The van der Waals surface area contributed by atoms with E-state index in [2.05, 4.69) is 37.9 Å². The average Bonchev–Trinajstić information content (AvgIpc) is 2.91. The summed E-state index contributed by atoms with van der Waals surface area (Å²) >= 11 is 0. The van der Waals surface area contributed by atoms with Crippen molar-refractivity contribution in [2.45, 2.75) is 91.6 Å². The number of rotatable bonds is 2. The first kappa shape index (κ1) is 20.2. The van der Waals surface area contributed by atoms with E-state index in [1.165, 1.54) is 25.7 Å². The van der Waals surface area contributed by atoms with E-state index in [4.69, 9.17) is 0 Å². The Morgan fingerprint density at radius 1 is 1.11 bits per heavy atom. The van der Waals surface area contributed by atoms with Crippen molar-refractivity contribution in [3.05, 3.63) is 0 Å². The maximum atomic E-state index is 12.3. The molecular formula is C24H40N2O2. The molecule has 3 saturated carbocycles. The first-order valence-electron chi connectivity index (χ1n) is 11.6. The van der Waals surface area contributed by atoms with E-state index in [0.29, 0.717) is 35.7 Å². The van der Waals surface area contributed by atoms with Crippen LogP contribution in [0.2, 0.25) is 0 Å². The summed E-state index contributed by atoms with van der Waals surface area (Å²) in [7, 11) is 2.04. The predicted molar refractivity (Wildman–Crippen MR) is 111 cm³/mol. The maximum absolute atomic E-state index is 12.3. The number of hydrogen-bond donors (Lipinski definition) is 1. The highest BCUT2D eigenvalue weighted by atomic mass is 16.2. The Balaban J connectivity index is 1.65. The van der Waals surface area contributed by atoms with E-state index >= 15 is 0 Å². The first-order valence-corrected chi connectivity index (χ1v) is 11.6. The van der Waals surface area contributed by atoms with Gasteiger partial charge in [-0.15, -0.1) is 0 Å². The van der Waals surface area contributed by atoms with Crippen LogP contribution in [-0.2, 0) is 9.59 Å². The van der Waals surface area contributed by atoms with Gasteiger partial charge in [0.05, 0.1) is 0 Å². The molecule has 0 radical (unpaired) electrons. The molecule has 1 aliphatic heterocycles. The minimum absolute atomic E-state index is 0.128. The van der Waals surface area contributed by atoms with Gasteiger partial charge in [0.15, 0.2) is 0 Å². The largest absolute Gasteiger partial charge is 0.353 e. The van der Waals surface area contributed by atoms with Gasteiger partial charge in [0.2, 0.25) is 11.8 Å². The molecule has 2 amide bonds. The van der Waals surface area contributed by atoms with Crippen LogP contribution in [0, 0.1) is 40.4 Å². The highest BCUT2D eigenvalue weighted by Gasteiger charge is 2.63. The fourth-order valence-electron chi connectivity index (χ4n) is 8.39. The van der Waals surface area contributed by atoms with Crippen molar-refractivity contribution in [1.29, 1.82) is 0 Å². The second-order valence-corrected chi connectivity index (χ2v) is 11.3. The lowest BCUT2D eigenvalue weighted by Crippen LogP contribution is -2.62. The van der Waals surface area contributed by atoms with Crippen LogP contribution in [0.15, 0.2) is 0 Å². The van der Waals surface area contributed by atoms with Crippen LogP contribution in [0.25, 0.3) is 0 Å². The summed E-state index contributed by atoms with van der Waals surface area (Å²) in [5.41, 5.74) is 0.494. The monoisotopic (exact) mass is 388 g/mol. The zero-order valence-electron chi connectivity index (χ0n) is 18.8. The number of hydrogen-bond acceptors (Lipinski definition) is 2. The molecule has 4 nitrogen and oxygen atoms in total. The van der Waals surface area contributed by atoms with Gasteiger partial charge in [0.25, 0.3) is 0 Å². The van der Waals surface area contributed by atoms with Gasteiger partial charge in [0.1, 0.15) is 0 Å². The van der Waals surface area contributed by atoms with Gasteiger partial charge in [-0.05, 0) is 78.9 Å². The van der Waals surface area contributed by atoms with E-state index in [9.17, 15) is 9.59 Å². The van der Waals surface area contributed by atoms with Crippen molar-refractivity contribution < 1.29 is 9.59 Å². The Morgan fingerprint density at radius 3 is 2.46 bits per heavy atom. The van der Waals surface area contributed by atoms with Crippen LogP contribution < -0.4 is 5.32 Å². The highest BCUT2D eigenvalue weighted by Crippen LogP contribution is 2.66. The summed E-state index contributed by atoms with van der Waals surface area (Å²) in [6, 6.07) is 0.741. The van der Waals surface area contributed by atoms with E-state index in [0.717, 1.165) is 31.1 Å². The molecule has 4 fully saturated rings. The van der Waals surface area contributed by atoms with Crippen LogP contribution in [0.4, 0.5) is 0 Å². The summed E-state index contributed by atoms with van der Waals surface area (Å²) in [5.74, 6) is 3.83. The van der Waals surface area contributed by atoms with E-state index < -0.39 is 0 Å². The molecule has 1 N–H and O–H groups in total. The van der Waals surface area contributed by atoms with Crippen molar-refractivity contribution in [2.75, 3.05) is 7.05 Å². The molecule has 0 spiro atoms. The summed E-state index contributed by atoms with van der Waals surface area (Å²) in [6.07, 6.45) is 7.92. The molecule has 158 valence electrons. The van der Waals surface area contributed by atoms with Crippen LogP contribution in [0.5, 0.6) is 0 Å². The summed E-state index contributed by atoms with van der Waals surface area (Å²) in [6.45, 7) is 11.3. The van der Waals surface area contributed by atoms with Gasteiger partial charge in [-0.2, -0.15) is 0 Å². The van der Waals surface area contributed by atoms with Crippen LogP contribution in [0.1, 0.15) is 79.6 Å². The number of nitrogens with one attached hydrogen (secondary N) is 1.